The fraction of sp³-hybridized carbons (Fsp3) is 0.0952. The maximum Gasteiger partial charge on any atom is 0.216 e. The Hall–Kier alpha value is -3.25. The molecule has 1 aromatic heterocycles. The summed E-state index contributed by atoms with van der Waals surface area (Å²) in [6.07, 6.45) is 1.82. The van der Waals surface area contributed by atoms with Crippen molar-refractivity contribution in [3.63, 3.8) is 0 Å². The Morgan fingerprint density at radius 3 is 2.52 bits per heavy atom. The van der Waals surface area contributed by atoms with Gasteiger partial charge >= 0.3 is 0 Å². The number of fused-ring (bicyclic) bond motifs is 1. The minimum atomic E-state index is 0.457. The molecule has 27 heavy (non-hydrogen) atoms. The molecule has 0 amide bonds. The first-order chi connectivity index (χ1) is 13.1. The number of rotatable bonds is 4. The summed E-state index contributed by atoms with van der Waals surface area (Å²) in [5.74, 6) is 0.682. The van der Waals surface area contributed by atoms with Crippen LogP contribution in [0.1, 0.15) is 5.56 Å². The fourth-order valence-corrected chi connectivity index (χ4v) is 3.16. The number of hydrogen-bond donors (Lipinski definition) is 1. The molecule has 0 radical (unpaired) electrons. The molecule has 0 saturated heterocycles. The van der Waals surface area contributed by atoms with Crippen LogP contribution in [0.25, 0.3) is 22.2 Å². The Morgan fingerprint density at radius 1 is 1.00 bits per heavy atom. The van der Waals surface area contributed by atoms with Crippen LogP contribution in [0.5, 0.6) is 0 Å². The average Bonchev–Trinajstić information content (AvgIpc) is 3.07. The topological polar surface area (TPSA) is 49.2 Å². The molecule has 0 aliphatic carbocycles. The van der Waals surface area contributed by atoms with Crippen molar-refractivity contribution < 1.29 is 0 Å². The Kier molecular flexibility index (Phi) is 4.56. The maximum absolute atomic E-state index is 5.37. The molecular weight excluding hydrogens is 354 g/mol. The number of H-pyrrole nitrogens is 1. The van der Waals surface area contributed by atoms with E-state index in [0.29, 0.717) is 10.6 Å². The van der Waals surface area contributed by atoms with E-state index in [1.54, 1.807) is 4.68 Å². The van der Waals surface area contributed by atoms with Crippen LogP contribution in [0.3, 0.4) is 0 Å². The summed E-state index contributed by atoms with van der Waals surface area (Å²) in [5, 5.41) is 14.1. The smallest absolute Gasteiger partial charge is 0.216 e. The molecule has 4 aromatic rings. The molecule has 5 nitrogen and oxygen atoms in total. The molecular formula is C21H19N5S. The van der Waals surface area contributed by atoms with Gasteiger partial charge in [-0.05, 0) is 47.3 Å². The van der Waals surface area contributed by atoms with E-state index >= 15 is 0 Å². The summed E-state index contributed by atoms with van der Waals surface area (Å²) in [6.45, 7) is 0. The van der Waals surface area contributed by atoms with Gasteiger partial charge in [0.15, 0.2) is 5.82 Å². The summed E-state index contributed by atoms with van der Waals surface area (Å²) >= 11 is 5.37. The van der Waals surface area contributed by atoms with Crippen LogP contribution in [0, 0.1) is 4.77 Å². The van der Waals surface area contributed by atoms with Gasteiger partial charge in [-0.1, -0.05) is 42.5 Å². The van der Waals surface area contributed by atoms with Crippen molar-refractivity contribution in [2.75, 3.05) is 19.0 Å². The normalized spacial score (nSPS) is 11.3. The minimum Gasteiger partial charge on any atom is -0.378 e. The zero-order valence-electron chi connectivity index (χ0n) is 15.1. The fourth-order valence-electron chi connectivity index (χ4n) is 2.98. The lowest BCUT2D eigenvalue weighted by atomic mass is 10.1. The Morgan fingerprint density at radius 2 is 1.74 bits per heavy atom. The van der Waals surface area contributed by atoms with E-state index < -0.39 is 0 Å². The van der Waals surface area contributed by atoms with Crippen molar-refractivity contribution in [3.05, 3.63) is 77.1 Å². The molecule has 1 N–H and O–H groups in total. The molecule has 0 aliphatic heterocycles. The predicted octanol–water partition coefficient (Wildman–Crippen LogP) is 4.71. The van der Waals surface area contributed by atoms with Crippen molar-refractivity contribution in [1.82, 2.24) is 14.9 Å². The van der Waals surface area contributed by atoms with Crippen LogP contribution in [0.4, 0.5) is 5.69 Å². The van der Waals surface area contributed by atoms with Gasteiger partial charge in [0.2, 0.25) is 4.77 Å². The third-order valence-electron chi connectivity index (χ3n) is 4.43. The van der Waals surface area contributed by atoms with Crippen LogP contribution < -0.4 is 4.90 Å². The van der Waals surface area contributed by atoms with Crippen molar-refractivity contribution >= 4 is 34.9 Å². The van der Waals surface area contributed by atoms with Gasteiger partial charge in [-0.15, -0.1) is 0 Å². The summed E-state index contributed by atoms with van der Waals surface area (Å²) in [5.41, 5.74) is 3.10. The van der Waals surface area contributed by atoms with Gasteiger partial charge in [0, 0.05) is 30.9 Å². The highest BCUT2D eigenvalue weighted by atomic mass is 32.1. The van der Waals surface area contributed by atoms with Gasteiger partial charge in [0.25, 0.3) is 0 Å². The van der Waals surface area contributed by atoms with E-state index in [1.165, 1.54) is 5.39 Å². The summed E-state index contributed by atoms with van der Waals surface area (Å²) < 4.78 is 2.11. The molecule has 6 heteroatoms. The van der Waals surface area contributed by atoms with Crippen LogP contribution in [0.15, 0.2) is 71.8 Å². The number of nitrogens with one attached hydrogen (secondary N) is 1. The molecule has 0 saturated carbocycles. The SMILES string of the molecule is CN(C)c1ccc(-c2n[nH]c(=S)n2/N=C\c2cccc3ccccc23)cc1. The second kappa shape index (κ2) is 7.17. The zero-order chi connectivity index (χ0) is 18.8. The van der Waals surface area contributed by atoms with E-state index in [9.17, 15) is 0 Å². The number of aromatic nitrogens is 3. The van der Waals surface area contributed by atoms with Crippen LogP contribution in [-0.4, -0.2) is 35.2 Å². The standard InChI is InChI=1S/C21H19N5S/c1-25(2)18-12-10-16(11-13-18)20-23-24-21(27)26(20)22-14-17-8-5-7-15-6-3-4-9-19(15)17/h3-14H,1-2H3,(H,24,27)/b22-14-. The highest BCUT2D eigenvalue weighted by molar-refractivity contribution is 7.71. The number of anilines is 1. The van der Waals surface area contributed by atoms with Crippen molar-refractivity contribution in [1.29, 1.82) is 0 Å². The molecule has 0 spiro atoms. The summed E-state index contributed by atoms with van der Waals surface area (Å²) in [4.78, 5) is 2.06. The first-order valence-corrected chi connectivity index (χ1v) is 9.01. The van der Waals surface area contributed by atoms with Crippen molar-refractivity contribution in [2.45, 2.75) is 0 Å². The highest BCUT2D eigenvalue weighted by Crippen LogP contribution is 2.21. The quantitative estimate of drug-likeness (QED) is 0.416. The second-order valence-electron chi connectivity index (χ2n) is 6.42. The van der Waals surface area contributed by atoms with Crippen molar-refractivity contribution in [3.8, 4) is 11.4 Å². The minimum absolute atomic E-state index is 0.457. The largest absolute Gasteiger partial charge is 0.378 e. The molecule has 0 aliphatic rings. The van der Waals surface area contributed by atoms with Crippen molar-refractivity contribution in [2.24, 2.45) is 5.10 Å². The number of hydrogen-bond acceptors (Lipinski definition) is 4. The zero-order valence-corrected chi connectivity index (χ0v) is 15.9. The van der Waals surface area contributed by atoms with E-state index in [0.717, 1.165) is 22.2 Å². The lowest BCUT2D eigenvalue weighted by molar-refractivity contribution is 0.872. The lowest BCUT2D eigenvalue weighted by Crippen LogP contribution is -2.08. The number of benzene rings is 3. The summed E-state index contributed by atoms with van der Waals surface area (Å²) in [7, 11) is 4.03. The molecule has 0 bridgehead atoms. The number of aromatic amines is 1. The van der Waals surface area contributed by atoms with Crippen LogP contribution in [-0.2, 0) is 0 Å². The molecule has 1 heterocycles. The maximum atomic E-state index is 5.37. The Balaban J connectivity index is 1.74. The number of nitrogens with zero attached hydrogens (tertiary/aromatic N) is 4. The van der Waals surface area contributed by atoms with Gasteiger partial charge in [0.05, 0.1) is 6.21 Å². The molecule has 3 aromatic carbocycles. The average molecular weight is 373 g/mol. The molecule has 0 unspecified atom stereocenters. The summed E-state index contributed by atoms with van der Waals surface area (Å²) in [6, 6.07) is 22.5. The first-order valence-electron chi connectivity index (χ1n) is 8.61. The molecule has 0 atom stereocenters. The third-order valence-corrected chi connectivity index (χ3v) is 4.69. The van der Waals surface area contributed by atoms with Crippen LogP contribution in [0.2, 0.25) is 0 Å². The van der Waals surface area contributed by atoms with E-state index in [1.807, 2.05) is 68.8 Å². The van der Waals surface area contributed by atoms with E-state index in [2.05, 4.69) is 38.4 Å². The van der Waals surface area contributed by atoms with Crippen LogP contribution >= 0.6 is 12.2 Å². The van der Waals surface area contributed by atoms with Gasteiger partial charge in [-0.2, -0.15) is 14.9 Å². The third kappa shape index (κ3) is 3.39. The Bertz CT molecular complexity index is 1160. The lowest BCUT2D eigenvalue weighted by Gasteiger charge is -2.12. The predicted molar refractivity (Wildman–Crippen MR) is 114 cm³/mol. The second-order valence-corrected chi connectivity index (χ2v) is 6.81. The molecule has 4 rings (SSSR count). The monoisotopic (exact) mass is 373 g/mol. The van der Waals surface area contributed by atoms with Gasteiger partial charge in [0.1, 0.15) is 0 Å². The molecule has 134 valence electrons. The van der Waals surface area contributed by atoms with Gasteiger partial charge in [-0.3, -0.25) is 0 Å². The highest BCUT2D eigenvalue weighted by Gasteiger charge is 2.08. The van der Waals surface area contributed by atoms with Gasteiger partial charge < -0.3 is 4.90 Å². The first kappa shape index (κ1) is 17.2. The van der Waals surface area contributed by atoms with E-state index in [4.69, 9.17) is 12.2 Å². The van der Waals surface area contributed by atoms with Gasteiger partial charge in [-0.25, -0.2) is 5.10 Å². The van der Waals surface area contributed by atoms with E-state index in [-0.39, 0.29) is 0 Å². The molecule has 0 fully saturated rings. The Labute approximate surface area is 162 Å².